The number of rotatable bonds is 6. The maximum absolute atomic E-state index is 15.2. The summed E-state index contributed by atoms with van der Waals surface area (Å²) in [6.45, 7) is 3.06. The highest BCUT2D eigenvalue weighted by molar-refractivity contribution is 6.00. The number of anilines is 3. The van der Waals surface area contributed by atoms with Crippen LogP contribution in [-0.2, 0) is 12.7 Å². The van der Waals surface area contributed by atoms with Crippen LogP contribution in [0.5, 0.6) is 0 Å². The second-order valence-electron chi connectivity index (χ2n) is 10.8. The lowest BCUT2D eigenvalue weighted by Gasteiger charge is -2.33. The fourth-order valence-corrected chi connectivity index (χ4v) is 5.27. The van der Waals surface area contributed by atoms with Crippen LogP contribution in [0.2, 0.25) is 0 Å². The number of nitrogen functional groups attached to an aromatic ring is 1. The Kier molecular flexibility index (Phi) is 7.23. The summed E-state index contributed by atoms with van der Waals surface area (Å²) >= 11 is 0. The average molecular weight is 583 g/mol. The van der Waals surface area contributed by atoms with E-state index in [1.165, 1.54) is 24.3 Å². The number of aromatic nitrogens is 3. The minimum atomic E-state index is -4.60. The van der Waals surface area contributed by atoms with E-state index in [0.29, 0.717) is 35.8 Å². The highest BCUT2D eigenvalue weighted by atomic mass is 19.4. The highest BCUT2D eigenvalue weighted by Crippen LogP contribution is 2.42. The molecule has 0 bridgehead atoms. The Labute approximate surface area is 239 Å². The monoisotopic (exact) mass is 582 g/mol. The zero-order chi connectivity index (χ0) is 29.6. The molecule has 0 radical (unpaired) electrons. The van der Waals surface area contributed by atoms with Crippen molar-refractivity contribution in [3.05, 3.63) is 71.6 Å². The van der Waals surface area contributed by atoms with Crippen LogP contribution in [0.25, 0.3) is 16.8 Å². The van der Waals surface area contributed by atoms with Crippen LogP contribution in [0.1, 0.15) is 35.7 Å². The summed E-state index contributed by atoms with van der Waals surface area (Å²) in [7, 11) is 1.98. The number of benzene rings is 2. The van der Waals surface area contributed by atoms with E-state index in [1.807, 2.05) is 16.3 Å². The van der Waals surface area contributed by atoms with Gasteiger partial charge >= 0.3 is 12.2 Å². The normalized spacial score (nSPS) is 16.6. The van der Waals surface area contributed by atoms with Gasteiger partial charge in [0.05, 0.1) is 11.3 Å². The number of nitrogens with one attached hydrogen (secondary N) is 2. The Balaban J connectivity index is 1.18. The first-order valence-corrected chi connectivity index (χ1v) is 13.7. The molecule has 4 aromatic rings. The van der Waals surface area contributed by atoms with Crippen LogP contribution in [-0.4, -0.2) is 63.4 Å². The lowest BCUT2D eigenvalue weighted by atomic mass is 10.0. The van der Waals surface area contributed by atoms with Gasteiger partial charge in [0, 0.05) is 62.3 Å². The first-order valence-electron chi connectivity index (χ1n) is 13.7. The number of hydrogen-bond acceptors (Lipinski definition) is 6. The Hall–Kier alpha value is -4.23. The minimum absolute atomic E-state index is 0.0564. The molecule has 1 aliphatic heterocycles. The smallest absolute Gasteiger partial charge is 0.382 e. The number of imidazole rings is 1. The first-order chi connectivity index (χ1) is 20.1. The third kappa shape index (κ3) is 5.74. The molecular weight excluding hydrogens is 552 g/mol. The van der Waals surface area contributed by atoms with Crippen molar-refractivity contribution in [2.24, 2.45) is 0 Å². The number of amides is 2. The standard InChI is InChI=1S/C29H30F4N8O/c1-39-10-12-40(13-11-39)16-19-4-6-20(15-21(19)29(31,32)33)36-28(42)37-23-7-5-18(14-22(23)30)24-25-26(34)35-8-9-41(25)27(38-24)17-2-3-17/h4-9,14-15,17H,2-3,10-13,16H2,1H3,(H2,34,35)(H2,36,37,42). The number of hydrogen-bond donors (Lipinski definition) is 3. The Morgan fingerprint density at radius 1 is 1.07 bits per heavy atom. The van der Waals surface area contributed by atoms with Crippen molar-refractivity contribution in [3.8, 4) is 11.3 Å². The number of urea groups is 1. The first kappa shape index (κ1) is 27.9. The fraction of sp³-hybridized carbons (Fsp3) is 0.345. The number of piperazine rings is 1. The van der Waals surface area contributed by atoms with Crippen LogP contribution < -0.4 is 16.4 Å². The van der Waals surface area contributed by atoms with E-state index in [1.54, 1.807) is 18.5 Å². The van der Waals surface area contributed by atoms with Crippen molar-refractivity contribution in [1.82, 2.24) is 24.2 Å². The molecule has 220 valence electrons. The molecule has 0 spiro atoms. The molecule has 0 unspecified atom stereocenters. The van der Waals surface area contributed by atoms with Gasteiger partial charge in [0.1, 0.15) is 28.7 Å². The van der Waals surface area contributed by atoms with Crippen molar-refractivity contribution in [3.63, 3.8) is 0 Å². The summed E-state index contributed by atoms with van der Waals surface area (Å²) in [6.07, 6.45) is 0.779. The largest absolute Gasteiger partial charge is 0.416 e. The van der Waals surface area contributed by atoms with E-state index < -0.39 is 23.6 Å². The molecule has 1 aliphatic carbocycles. The van der Waals surface area contributed by atoms with Gasteiger partial charge in [0.2, 0.25) is 0 Å². The van der Waals surface area contributed by atoms with Gasteiger partial charge in [-0.15, -0.1) is 0 Å². The molecule has 2 fully saturated rings. The topological polar surface area (TPSA) is 104 Å². The van der Waals surface area contributed by atoms with Gasteiger partial charge < -0.3 is 21.3 Å². The lowest BCUT2D eigenvalue weighted by Crippen LogP contribution is -2.44. The fourth-order valence-electron chi connectivity index (χ4n) is 5.27. The number of likely N-dealkylation sites (N-methyl/N-ethyl adjacent to an activating group) is 1. The highest BCUT2D eigenvalue weighted by Gasteiger charge is 2.34. The second kappa shape index (κ2) is 10.9. The molecule has 6 rings (SSSR count). The molecule has 3 heterocycles. The molecule has 1 saturated heterocycles. The van der Waals surface area contributed by atoms with Gasteiger partial charge in [-0.2, -0.15) is 13.2 Å². The third-order valence-corrected chi connectivity index (χ3v) is 7.71. The lowest BCUT2D eigenvalue weighted by molar-refractivity contribution is -0.138. The van der Waals surface area contributed by atoms with Gasteiger partial charge in [-0.3, -0.25) is 9.30 Å². The molecule has 2 aromatic carbocycles. The van der Waals surface area contributed by atoms with Crippen molar-refractivity contribution in [2.45, 2.75) is 31.5 Å². The van der Waals surface area contributed by atoms with E-state index in [2.05, 4.69) is 20.5 Å². The SMILES string of the molecule is CN1CCN(Cc2ccc(NC(=O)Nc3ccc(-c4nc(C5CC5)n5ccnc(N)c45)cc3F)cc2C(F)(F)F)CC1. The van der Waals surface area contributed by atoms with Crippen LogP contribution in [0, 0.1) is 5.82 Å². The predicted molar refractivity (Wildman–Crippen MR) is 152 cm³/mol. The van der Waals surface area contributed by atoms with Gasteiger partial charge in [-0.1, -0.05) is 12.1 Å². The van der Waals surface area contributed by atoms with Gasteiger partial charge in [0.15, 0.2) is 0 Å². The molecule has 1 saturated carbocycles. The second-order valence-corrected chi connectivity index (χ2v) is 10.8. The van der Waals surface area contributed by atoms with Crippen molar-refractivity contribution in [2.75, 3.05) is 49.6 Å². The Morgan fingerprint density at radius 3 is 2.52 bits per heavy atom. The number of nitrogens with zero attached hydrogens (tertiary/aromatic N) is 5. The summed E-state index contributed by atoms with van der Waals surface area (Å²) in [5.74, 6) is 0.671. The maximum Gasteiger partial charge on any atom is 0.416 e. The molecule has 2 aliphatic rings. The summed E-state index contributed by atoms with van der Waals surface area (Å²) < 4.78 is 58.8. The molecule has 2 amide bonds. The summed E-state index contributed by atoms with van der Waals surface area (Å²) in [4.78, 5) is 25.6. The van der Waals surface area contributed by atoms with Gasteiger partial charge in [-0.05, 0) is 49.7 Å². The number of halogens is 4. The minimum Gasteiger partial charge on any atom is -0.382 e. The van der Waals surface area contributed by atoms with Crippen LogP contribution >= 0.6 is 0 Å². The zero-order valence-electron chi connectivity index (χ0n) is 22.9. The maximum atomic E-state index is 15.2. The Bertz CT molecular complexity index is 1640. The molecule has 4 N–H and O–H groups in total. The van der Waals surface area contributed by atoms with E-state index in [0.717, 1.165) is 37.8 Å². The molecular formula is C29H30F4N8O. The van der Waals surface area contributed by atoms with Crippen LogP contribution in [0.15, 0.2) is 48.8 Å². The average Bonchev–Trinajstić information content (AvgIpc) is 3.71. The Morgan fingerprint density at radius 2 is 1.83 bits per heavy atom. The van der Waals surface area contributed by atoms with E-state index in [9.17, 15) is 18.0 Å². The van der Waals surface area contributed by atoms with E-state index in [-0.39, 0.29) is 29.3 Å². The van der Waals surface area contributed by atoms with Crippen molar-refractivity contribution < 1.29 is 22.4 Å². The summed E-state index contributed by atoms with van der Waals surface area (Å²) in [5.41, 5.74) is 6.75. The molecule has 0 atom stereocenters. The van der Waals surface area contributed by atoms with Crippen molar-refractivity contribution >= 4 is 28.7 Å². The summed E-state index contributed by atoms with van der Waals surface area (Å²) in [6, 6.07) is 7.02. The quantitative estimate of drug-likeness (QED) is 0.263. The van der Waals surface area contributed by atoms with Crippen molar-refractivity contribution in [1.29, 1.82) is 0 Å². The number of carbonyl (C=O) groups excluding carboxylic acids is 1. The van der Waals surface area contributed by atoms with E-state index >= 15 is 4.39 Å². The molecule has 2 aromatic heterocycles. The third-order valence-electron chi connectivity index (χ3n) is 7.71. The molecule has 13 heteroatoms. The molecule has 9 nitrogen and oxygen atoms in total. The molecule has 42 heavy (non-hydrogen) atoms. The number of fused-ring (bicyclic) bond motifs is 1. The van der Waals surface area contributed by atoms with Crippen LogP contribution in [0.4, 0.5) is 39.5 Å². The van der Waals surface area contributed by atoms with Crippen LogP contribution in [0.3, 0.4) is 0 Å². The van der Waals surface area contributed by atoms with E-state index in [4.69, 9.17) is 10.7 Å². The van der Waals surface area contributed by atoms with Gasteiger partial charge in [-0.25, -0.2) is 19.2 Å². The number of nitrogens with two attached hydrogens (primary N) is 1. The predicted octanol–water partition coefficient (Wildman–Crippen LogP) is 5.41. The van der Waals surface area contributed by atoms with Gasteiger partial charge in [0.25, 0.3) is 0 Å². The zero-order valence-corrected chi connectivity index (χ0v) is 22.9. The summed E-state index contributed by atoms with van der Waals surface area (Å²) in [5, 5.41) is 4.77. The number of alkyl halides is 3. The number of carbonyl (C=O) groups is 1.